The molecule has 0 atom stereocenters. The predicted molar refractivity (Wildman–Crippen MR) is 98.0 cm³/mol. The van der Waals surface area contributed by atoms with Crippen molar-refractivity contribution in [2.45, 2.75) is 26.4 Å². The van der Waals surface area contributed by atoms with E-state index < -0.39 is 0 Å². The summed E-state index contributed by atoms with van der Waals surface area (Å²) in [6.07, 6.45) is 1.13. The van der Waals surface area contributed by atoms with Crippen molar-refractivity contribution in [3.8, 4) is 11.5 Å². The van der Waals surface area contributed by atoms with Gasteiger partial charge in [0, 0.05) is 37.0 Å². The molecule has 1 aliphatic heterocycles. The maximum Gasteiger partial charge on any atom is 0.127 e. The fourth-order valence-corrected chi connectivity index (χ4v) is 3.29. The van der Waals surface area contributed by atoms with E-state index in [0.29, 0.717) is 0 Å². The smallest absolute Gasteiger partial charge is 0.127 e. The van der Waals surface area contributed by atoms with E-state index in [4.69, 9.17) is 9.47 Å². The number of hydrogen-bond donors (Lipinski definition) is 1. The third-order valence-electron chi connectivity index (χ3n) is 4.66. The zero-order valence-electron chi connectivity index (χ0n) is 14.8. The van der Waals surface area contributed by atoms with E-state index >= 15 is 0 Å². The summed E-state index contributed by atoms with van der Waals surface area (Å²) in [4.78, 5) is 2.43. The van der Waals surface area contributed by atoms with Crippen molar-refractivity contribution in [3.05, 3.63) is 53.1 Å². The van der Waals surface area contributed by atoms with E-state index in [1.165, 1.54) is 22.4 Å². The van der Waals surface area contributed by atoms with Crippen LogP contribution in [0.25, 0.3) is 0 Å². The van der Waals surface area contributed by atoms with Crippen molar-refractivity contribution in [2.75, 3.05) is 32.6 Å². The molecule has 0 saturated carbocycles. The molecule has 4 heteroatoms. The Hall–Kier alpha value is -2.20. The molecule has 2 aromatic carbocycles. The molecule has 3 rings (SSSR count). The third-order valence-corrected chi connectivity index (χ3v) is 4.66. The van der Waals surface area contributed by atoms with E-state index in [-0.39, 0.29) is 0 Å². The number of rotatable bonds is 7. The highest BCUT2D eigenvalue weighted by Gasteiger charge is 2.16. The zero-order valence-corrected chi connectivity index (χ0v) is 14.8. The highest BCUT2D eigenvalue weighted by atomic mass is 16.5. The summed E-state index contributed by atoms with van der Waals surface area (Å²) in [7, 11) is 3.39. The van der Waals surface area contributed by atoms with Crippen LogP contribution in [0, 0.1) is 0 Å². The van der Waals surface area contributed by atoms with Crippen LogP contribution < -0.4 is 14.8 Å². The molecule has 0 radical (unpaired) electrons. The predicted octanol–water partition coefficient (Wildman–Crippen LogP) is 3.69. The first kappa shape index (κ1) is 16.7. The summed E-state index contributed by atoms with van der Waals surface area (Å²) >= 11 is 0. The van der Waals surface area contributed by atoms with Crippen molar-refractivity contribution in [2.24, 2.45) is 0 Å². The maximum atomic E-state index is 5.54. The quantitative estimate of drug-likeness (QED) is 0.841. The van der Waals surface area contributed by atoms with Crippen LogP contribution in [0.2, 0.25) is 0 Å². The highest BCUT2D eigenvalue weighted by Crippen LogP contribution is 2.29. The van der Waals surface area contributed by atoms with Gasteiger partial charge >= 0.3 is 0 Å². The van der Waals surface area contributed by atoms with Gasteiger partial charge in [0.1, 0.15) is 11.5 Å². The minimum absolute atomic E-state index is 0.823. The number of methoxy groups -OCH3 is 2. The van der Waals surface area contributed by atoms with Crippen LogP contribution in [0.4, 0.5) is 5.69 Å². The standard InChI is InChI=1S/C20H26N2O2/c1-4-22(13-16-8-9-18(23-2)12-19(16)24-3)14-17-7-5-6-15-10-11-21-20(15)17/h5-9,12,21H,4,10-11,13-14H2,1-3H3. The first-order valence-corrected chi connectivity index (χ1v) is 8.53. The Morgan fingerprint density at radius 2 is 1.88 bits per heavy atom. The molecule has 128 valence electrons. The van der Waals surface area contributed by atoms with Gasteiger partial charge in [0.05, 0.1) is 14.2 Å². The van der Waals surface area contributed by atoms with Gasteiger partial charge in [-0.15, -0.1) is 0 Å². The number of nitrogens with zero attached hydrogens (tertiary/aromatic N) is 1. The number of ether oxygens (including phenoxy) is 2. The Morgan fingerprint density at radius 1 is 1.04 bits per heavy atom. The molecule has 24 heavy (non-hydrogen) atoms. The first-order chi connectivity index (χ1) is 11.7. The van der Waals surface area contributed by atoms with Gasteiger partial charge in [-0.2, -0.15) is 0 Å². The molecule has 0 aromatic heterocycles. The second-order valence-corrected chi connectivity index (χ2v) is 6.11. The van der Waals surface area contributed by atoms with Crippen LogP contribution >= 0.6 is 0 Å². The average molecular weight is 326 g/mol. The number of anilines is 1. The Morgan fingerprint density at radius 3 is 2.62 bits per heavy atom. The van der Waals surface area contributed by atoms with Crippen molar-refractivity contribution in [1.82, 2.24) is 4.90 Å². The minimum atomic E-state index is 0.823. The fourth-order valence-electron chi connectivity index (χ4n) is 3.29. The van der Waals surface area contributed by atoms with Gasteiger partial charge in [-0.3, -0.25) is 4.90 Å². The lowest BCUT2D eigenvalue weighted by Gasteiger charge is -2.23. The number of fused-ring (bicyclic) bond motifs is 1. The van der Waals surface area contributed by atoms with Crippen molar-refractivity contribution in [1.29, 1.82) is 0 Å². The van der Waals surface area contributed by atoms with Crippen molar-refractivity contribution >= 4 is 5.69 Å². The van der Waals surface area contributed by atoms with Gasteiger partial charge in [-0.05, 0) is 30.2 Å². The molecule has 0 fully saturated rings. The normalized spacial score (nSPS) is 12.8. The topological polar surface area (TPSA) is 33.7 Å². The molecule has 1 N–H and O–H groups in total. The number of nitrogens with one attached hydrogen (secondary N) is 1. The molecule has 0 aliphatic carbocycles. The van der Waals surface area contributed by atoms with E-state index in [1.54, 1.807) is 14.2 Å². The Labute approximate surface area is 144 Å². The summed E-state index contributed by atoms with van der Waals surface area (Å²) in [6, 6.07) is 12.7. The van der Waals surface area contributed by atoms with E-state index in [9.17, 15) is 0 Å². The Balaban J connectivity index is 1.77. The second kappa shape index (κ2) is 7.58. The molecule has 1 aliphatic rings. The van der Waals surface area contributed by atoms with Gasteiger partial charge in [-0.1, -0.05) is 31.2 Å². The summed E-state index contributed by atoms with van der Waals surface area (Å²) in [5.41, 5.74) is 5.32. The second-order valence-electron chi connectivity index (χ2n) is 6.11. The Bertz CT molecular complexity index is 700. The monoisotopic (exact) mass is 326 g/mol. The van der Waals surface area contributed by atoms with E-state index in [0.717, 1.165) is 44.1 Å². The molecule has 1 heterocycles. The molecule has 0 spiro atoms. The molecule has 0 amide bonds. The van der Waals surface area contributed by atoms with Gasteiger partial charge < -0.3 is 14.8 Å². The molecule has 0 unspecified atom stereocenters. The lowest BCUT2D eigenvalue weighted by atomic mass is 10.1. The van der Waals surface area contributed by atoms with Gasteiger partial charge in [0.25, 0.3) is 0 Å². The summed E-state index contributed by atoms with van der Waals surface area (Å²) in [5, 5.41) is 3.53. The number of hydrogen-bond acceptors (Lipinski definition) is 4. The van der Waals surface area contributed by atoms with Crippen LogP contribution in [-0.2, 0) is 19.5 Å². The van der Waals surface area contributed by atoms with Crippen molar-refractivity contribution in [3.63, 3.8) is 0 Å². The number of benzene rings is 2. The molecule has 2 aromatic rings. The Kier molecular flexibility index (Phi) is 5.26. The first-order valence-electron chi connectivity index (χ1n) is 8.53. The molecule has 0 saturated heterocycles. The number of para-hydroxylation sites is 1. The van der Waals surface area contributed by atoms with Gasteiger partial charge in [-0.25, -0.2) is 0 Å². The molecule has 0 bridgehead atoms. The molecular weight excluding hydrogens is 300 g/mol. The fraction of sp³-hybridized carbons (Fsp3) is 0.400. The van der Waals surface area contributed by atoms with E-state index in [2.05, 4.69) is 41.4 Å². The summed E-state index contributed by atoms with van der Waals surface area (Å²) in [6.45, 7) is 6.02. The van der Waals surface area contributed by atoms with Crippen LogP contribution in [-0.4, -0.2) is 32.2 Å². The largest absolute Gasteiger partial charge is 0.497 e. The summed E-state index contributed by atoms with van der Waals surface area (Å²) in [5.74, 6) is 1.70. The van der Waals surface area contributed by atoms with Crippen molar-refractivity contribution < 1.29 is 9.47 Å². The molecular formula is C20H26N2O2. The van der Waals surface area contributed by atoms with Crippen LogP contribution in [0.3, 0.4) is 0 Å². The highest BCUT2D eigenvalue weighted by molar-refractivity contribution is 5.61. The summed E-state index contributed by atoms with van der Waals surface area (Å²) < 4.78 is 10.8. The third kappa shape index (κ3) is 3.49. The minimum Gasteiger partial charge on any atom is -0.497 e. The van der Waals surface area contributed by atoms with E-state index in [1.807, 2.05) is 12.1 Å². The van der Waals surface area contributed by atoms with Crippen LogP contribution in [0.5, 0.6) is 11.5 Å². The molecule has 4 nitrogen and oxygen atoms in total. The maximum absolute atomic E-state index is 5.54. The van der Waals surface area contributed by atoms with Crippen LogP contribution in [0.15, 0.2) is 36.4 Å². The van der Waals surface area contributed by atoms with Gasteiger partial charge in [0.15, 0.2) is 0 Å². The van der Waals surface area contributed by atoms with Gasteiger partial charge in [0.2, 0.25) is 0 Å². The van der Waals surface area contributed by atoms with Crippen LogP contribution in [0.1, 0.15) is 23.6 Å². The lowest BCUT2D eigenvalue weighted by molar-refractivity contribution is 0.266. The lowest BCUT2D eigenvalue weighted by Crippen LogP contribution is -2.23. The average Bonchev–Trinajstić information content (AvgIpc) is 3.11. The SMILES string of the molecule is CCN(Cc1ccc(OC)cc1OC)Cc1cccc2c1NCC2. The zero-order chi connectivity index (χ0) is 16.9.